The van der Waals surface area contributed by atoms with Crippen molar-refractivity contribution in [3.8, 4) is 22.5 Å². The van der Waals surface area contributed by atoms with Crippen LogP contribution in [0.2, 0.25) is 25.7 Å². The Bertz CT molecular complexity index is 1530. The van der Waals surface area contributed by atoms with Crippen molar-refractivity contribution in [3.63, 3.8) is 0 Å². The molecule has 0 spiro atoms. The maximum Gasteiger partial charge on any atom is 0.280 e. The summed E-state index contributed by atoms with van der Waals surface area (Å²) < 4.78 is 35.3. The number of aromatic nitrogens is 4. The van der Waals surface area contributed by atoms with Gasteiger partial charge >= 0.3 is 0 Å². The second-order valence-corrected chi connectivity index (χ2v) is 16.1. The van der Waals surface area contributed by atoms with Crippen molar-refractivity contribution in [2.45, 2.75) is 52.7 Å². The zero-order valence-electron chi connectivity index (χ0n) is 22.6. The summed E-state index contributed by atoms with van der Waals surface area (Å²) in [5, 5.41) is 2.68. The molecule has 1 amide bonds. The van der Waals surface area contributed by atoms with Crippen molar-refractivity contribution in [3.05, 3.63) is 60.0 Å². The van der Waals surface area contributed by atoms with Crippen LogP contribution in [0.15, 0.2) is 48.8 Å². The van der Waals surface area contributed by atoms with E-state index in [-0.39, 0.29) is 29.8 Å². The number of fused-ring (bicyclic) bond motifs is 1. The number of hydrogen-bond donors (Lipinski definition) is 1. The Balaban J connectivity index is 2.03. The van der Waals surface area contributed by atoms with Gasteiger partial charge in [-0.15, -0.1) is 0 Å². The first-order chi connectivity index (χ1) is 18.5. The molecule has 4 aromatic heterocycles. The van der Waals surface area contributed by atoms with Gasteiger partial charge in [0.25, 0.3) is 6.43 Å². The van der Waals surface area contributed by atoms with Crippen molar-refractivity contribution >= 4 is 36.6 Å². The third-order valence-corrected chi connectivity index (χ3v) is 7.83. The van der Waals surface area contributed by atoms with Crippen molar-refractivity contribution < 1.29 is 23.1 Å². The van der Waals surface area contributed by atoms with Gasteiger partial charge in [0.1, 0.15) is 18.2 Å². The lowest BCUT2D eigenvalue weighted by atomic mass is 10.0. The van der Waals surface area contributed by atoms with E-state index in [1.54, 1.807) is 30.5 Å². The minimum atomic E-state index is -2.76. The minimum Gasteiger partial charge on any atom is -0.361 e. The van der Waals surface area contributed by atoms with Crippen LogP contribution in [0.5, 0.6) is 0 Å². The Hall–Kier alpha value is -3.83. The summed E-state index contributed by atoms with van der Waals surface area (Å²) in [6.45, 7) is 10.2. The van der Waals surface area contributed by atoms with Gasteiger partial charge in [-0.3, -0.25) is 14.6 Å². The predicted octanol–water partition coefficient (Wildman–Crippen LogP) is 6.57. The molecular weight excluding hydrogens is 520 g/mol. The highest BCUT2D eigenvalue weighted by molar-refractivity contribution is 6.76. The van der Waals surface area contributed by atoms with Gasteiger partial charge in [-0.2, -0.15) is 0 Å². The Morgan fingerprint density at radius 3 is 2.49 bits per heavy atom. The molecule has 0 aromatic carbocycles. The quantitative estimate of drug-likeness (QED) is 0.136. The zero-order chi connectivity index (χ0) is 28.3. The standard InChI is InChI=1S/C28H31F2N5O3Si/c1-17(36)20-10-12-32-25-24(21-7-6-8-22(34-21)28(29)30)26(19-9-11-31-23(15-19)33-18(2)37)35(27(20)25)16-38-13-14-39(3,4)5/h6-12,15,28H,13-14,16H2,1-5H3,(H,31,33,37). The number of amides is 1. The first-order valence-corrected chi connectivity index (χ1v) is 16.3. The van der Waals surface area contributed by atoms with Gasteiger partial charge in [0, 0.05) is 45.1 Å². The van der Waals surface area contributed by atoms with Crippen LogP contribution in [0.3, 0.4) is 0 Å². The average molecular weight is 552 g/mol. The van der Waals surface area contributed by atoms with E-state index in [1.165, 1.54) is 32.2 Å². The van der Waals surface area contributed by atoms with Crippen molar-refractivity contribution in [1.29, 1.82) is 0 Å². The fraction of sp³-hybridized carbons (Fsp3) is 0.321. The van der Waals surface area contributed by atoms with Gasteiger partial charge in [-0.25, -0.2) is 18.7 Å². The number of pyridine rings is 3. The SMILES string of the molecule is CC(=O)Nc1cc(-c2c(-c3cccc(C(F)F)n3)c3nccc(C(C)=O)c3n2COCC[Si](C)(C)C)ccn1. The summed E-state index contributed by atoms with van der Waals surface area (Å²) in [4.78, 5) is 37.5. The molecule has 0 saturated carbocycles. The van der Waals surface area contributed by atoms with Crippen LogP contribution in [0, 0.1) is 0 Å². The van der Waals surface area contributed by atoms with Gasteiger partial charge in [0.15, 0.2) is 5.78 Å². The molecule has 1 N–H and O–H groups in total. The number of ether oxygens (including phenoxy) is 1. The molecule has 0 unspecified atom stereocenters. The molecule has 0 aliphatic heterocycles. The van der Waals surface area contributed by atoms with E-state index in [9.17, 15) is 18.4 Å². The Kier molecular flexibility index (Phi) is 8.31. The van der Waals surface area contributed by atoms with Gasteiger partial charge in [0.2, 0.25) is 5.91 Å². The number of carbonyl (C=O) groups excluding carboxylic acids is 2. The van der Waals surface area contributed by atoms with Gasteiger partial charge in [-0.05, 0) is 43.3 Å². The summed E-state index contributed by atoms with van der Waals surface area (Å²) in [6.07, 6.45) is 0.301. The van der Waals surface area contributed by atoms with Crippen LogP contribution in [0.4, 0.5) is 14.6 Å². The van der Waals surface area contributed by atoms with E-state index in [2.05, 4.69) is 39.9 Å². The second kappa shape index (κ2) is 11.5. The van der Waals surface area contributed by atoms with Crippen LogP contribution < -0.4 is 5.32 Å². The lowest BCUT2D eigenvalue weighted by Crippen LogP contribution is -2.22. The lowest BCUT2D eigenvalue weighted by Gasteiger charge is -2.18. The van der Waals surface area contributed by atoms with E-state index >= 15 is 0 Å². The number of rotatable bonds is 10. The largest absolute Gasteiger partial charge is 0.361 e. The van der Waals surface area contributed by atoms with Crippen LogP contribution >= 0.6 is 0 Å². The number of nitrogens with zero attached hydrogens (tertiary/aromatic N) is 4. The molecule has 0 saturated heterocycles. The number of ketones is 1. The molecule has 0 atom stereocenters. The zero-order valence-corrected chi connectivity index (χ0v) is 23.6. The molecule has 39 heavy (non-hydrogen) atoms. The summed E-state index contributed by atoms with van der Waals surface area (Å²) in [7, 11) is -1.37. The predicted molar refractivity (Wildman–Crippen MR) is 150 cm³/mol. The third kappa shape index (κ3) is 6.43. The van der Waals surface area contributed by atoms with E-state index in [4.69, 9.17) is 4.74 Å². The number of nitrogens with one attached hydrogen (secondary N) is 1. The number of hydrogen-bond acceptors (Lipinski definition) is 6. The molecule has 4 heterocycles. The molecule has 11 heteroatoms. The highest BCUT2D eigenvalue weighted by Crippen LogP contribution is 2.41. The highest BCUT2D eigenvalue weighted by Gasteiger charge is 2.26. The van der Waals surface area contributed by atoms with E-state index in [1.807, 2.05) is 4.57 Å². The summed E-state index contributed by atoms with van der Waals surface area (Å²) in [5.41, 5.74) is 2.93. The van der Waals surface area contributed by atoms with Gasteiger partial charge in [0.05, 0.1) is 28.0 Å². The molecule has 0 aliphatic carbocycles. The number of anilines is 1. The Morgan fingerprint density at radius 2 is 1.82 bits per heavy atom. The average Bonchev–Trinajstić information content (AvgIpc) is 3.20. The maximum absolute atomic E-state index is 13.7. The molecule has 8 nitrogen and oxygen atoms in total. The molecule has 4 rings (SSSR count). The first kappa shape index (κ1) is 28.2. The van der Waals surface area contributed by atoms with Crippen molar-refractivity contribution in [2.24, 2.45) is 0 Å². The van der Waals surface area contributed by atoms with Crippen molar-refractivity contribution in [1.82, 2.24) is 19.5 Å². The first-order valence-electron chi connectivity index (χ1n) is 12.6. The molecule has 0 fully saturated rings. The van der Waals surface area contributed by atoms with E-state index in [0.29, 0.717) is 45.8 Å². The summed E-state index contributed by atoms with van der Waals surface area (Å²) in [5.74, 6) is -0.150. The Labute approximate surface area is 226 Å². The second-order valence-electron chi connectivity index (χ2n) is 10.5. The number of Topliss-reactive ketones (excluding diaryl/α,β-unsaturated/α-hetero) is 1. The highest BCUT2D eigenvalue weighted by atomic mass is 28.3. The summed E-state index contributed by atoms with van der Waals surface area (Å²) in [6, 6.07) is 10.4. The maximum atomic E-state index is 13.7. The molecule has 4 aromatic rings. The lowest BCUT2D eigenvalue weighted by molar-refractivity contribution is -0.114. The third-order valence-electron chi connectivity index (χ3n) is 6.12. The minimum absolute atomic E-state index is 0.0919. The topological polar surface area (TPSA) is 99.0 Å². The van der Waals surface area contributed by atoms with Crippen LogP contribution in [0.1, 0.15) is 36.3 Å². The van der Waals surface area contributed by atoms with Crippen LogP contribution in [-0.2, 0) is 16.3 Å². The van der Waals surface area contributed by atoms with Crippen molar-refractivity contribution in [2.75, 3.05) is 11.9 Å². The van der Waals surface area contributed by atoms with E-state index < -0.39 is 14.5 Å². The fourth-order valence-corrected chi connectivity index (χ4v) is 5.05. The monoisotopic (exact) mass is 551 g/mol. The normalized spacial score (nSPS) is 11.8. The molecular formula is C28H31F2N5O3Si. The van der Waals surface area contributed by atoms with Crippen LogP contribution in [0.25, 0.3) is 33.5 Å². The molecule has 0 aliphatic rings. The summed E-state index contributed by atoms with van der Waals surface area (Å²) >= 11 is 0. The fourth-order valence-electron chi connectivity index (χ4n) is 4.30. The van der Waals surface area contributed by atoms with Crippen LogP contribution in [-0.4, -0.2) is 45.9 Å². The molecule has 0 radical (unpaired) electrons. The van der Waals surface area contributed by atoms with Gasteiger partial charge in [-0.1, -0.05) is 25.7 Å². The number of halogens is 2. The smallest absolute Gasteiger partial charge is 0.280 e. The number of alkyl halides is 2. The molecule has 204 valence electrons. The molecule has 0 bridgehead atoms. The Morgan fingerprint density at radius 1 is 1.08 bits per heavy atom. The van der Waals surface area contributed by atoms with Gasteiger partial charge < -0.3 is 14.6 Å². The van der Waals surface area contributed by atoms with E-state index in [0.717, 1.165) is 6.04 Å². The number of carbonyl (C=O) groups is 2.